The lowest BCUT2D eigenvalue weighted by molar-refractivity contribution is 0.0707. The Morgan fingerprint density at radius 2 is 2.15 bits per heavy atom. The van der Waals surface area contributed by atoms with Gasteiger partial charge in [0.2, 0.25) is 0 Å². The lowest BCUT2D eigenvalue weighted by Crippen LogP contribution is -2.50. The molecule has 2 heterocycles. The zero-order valence-electron chi connectivity index (χ0n) is 11.9. The van der Waals surface area contributed by atoms with E-state index in [0.717, 1.165) is 5.69 Å². The largest absolute Gasteiger partial charge is 0.395 e. The minimum Gasteiger partial charge on any atom is -0.395 e. The Kier molecular flexibility index (Phi) is 3.77. The zero-order valence-corrected chi connectivity index (χ0v) is 12.7. The van der Waals surface area contributed by atoms with Crippen molar-refractivity contribution in [3.63, 3.8) is 0 Å². The molecule has 1 atom stereocenters. The molecule has 1 unspecified atom stereocenters. The zero-order chi connectivity index (χ0) is 15.1. The molecule has 8 heteroatoms. The average molecular weight is 300 g/mol. The maximum atomic E-state index is 12.4. The maximum Gasteiger partial charge on any atom is 0.276 e. The number of sulfone groups is 1. The molecule has 0 radical (unpaired) electrons. The molecule has 1 aromatic heterocycles. The normalized spacial score (nSPS) is 22.2. The summed E-state index contributed by atoms with van der Waals surface area (Å²) >= 11 is 0. The summed E-state index contributed by atoms with van der Waals surface area (Å²) in [6.45, 7) is 5.81. The number of nitrogens with zero attached hydrogens (tertiary/aromatic N) is 2. The molecule has 112 valence electrons. The van der Waals surface area contributed by atoms with Crippen LogP contribution in [0.1, 0.15) is 42.9 Å². The molecule has 2 rings (SSSR count). The smallest absolute Gasteiger partial charge is 0.276 e. The highest BCUT2D eigenvalue weighted by Crippen LogP contribution is 2.24. The van der Waals surface area contributed by atoms with E-state index in [1.165, 1.54) is 4.90 Å². The molecule has 0 bridgehead atoms. The molecule has 0 spiro atoms. The van der Waals surface area contributed by atoms with Crippen molar-refractivity contribution in [2.75, 3.05) is 23.8 Å². The Labute approximate surface area is 118 Å². The number of H-pyrrole nitrogens is 1. The number of rotatable bonds is 2. The van der Waals surface area contributed by atoms with Crippen LogP contribution in [0, 0.1) is 0 Å². The SMILES string of the molecule is CC(C)c1[nH]nc(C(=O)N2CCS(=O)(=O)CC2C)c1N. The third-order valence-corrected chi connectivity index (χ3v) is 5.34. The van der Waals surface area contributed by atoms with Crippen LogP contribution in [0.4, 0.5) is 5.69 Å². The van der Waals surface area contributed by atoms with Crippen molar-refractivity contribution in [2.24, 2.45) is 0 Å². The number of amides is 1. The van der Waals surface area contributed by atoms with E-state index in [0.29, 0.717) is 5.69 Å². The molecule has 1 fully saturated rings. The van der Waals surface area contributed by atoms with Crippen LogP contribution in [-0.2, 0) is 9.84 Å². The Morgan fingerprint density at radius 3 is 2.65 bits per heavy atom. The number of nitrogens with two attached hydrogens (primary N) is 1. The quantitative estimate of drug-likeness (QED) is 0.820. The monoisotopic (exact) mass is 300 g/mol. The second kappa shape index (κ2) is 5.08. The van der Waals surface area contributed by atoms with Gasteiger partial charge < -0.3 is 10.6 Å². The van der Waals surface area contributed by atoms with E-state index in [4.69, 9.17) is 5.73 Å². The van der Waals surface area contributed by atoms with Gasteiger partial charge in [0.05, 0.1) is 22.9 Å². The van der Waals surface area contributed by atoms with Crippen molar-refractivity contribution in [1.29, 1.82) is 0 Å². The minimum absolute atomic E-state index is 0.00948. The number of aromatic nitrogens is 2. The highest BCUT2D eigenvalue weighted by molar-refractivity contribution is 7.91. The summed E-state index contributed by atoms with van der Waals surface area (Å²) in [5.74, 6) is -0.193. The molecule has 1 saturated heterocycles. The van der Waals surface area contributed by atoms with Crippen LogP contribution in [0.3, 0.4) is 0 Å². The Hall–Kier alpha value is -1.57. The summed E-state index contributed by atoms with van der Waals surface area (Å²) in [5.41, 5.74) is 7.21. The van der Waals surface area contributed by atoms with Gasteiger partial charge in [-0.05, 0) is 12.8 Å². The molecule has 7 nitrogen and oxygen atoms in total. The predicted octanol–water partition coefficient (Wildman–Crippen LogP) is 0.374. The highest BCUT2D eigenvalue weighted by atomic mass is 32.2. The number of anilines is 1. The van der Waals surface area contributed by atoms with E-state index in [1.54, 1.807) is 6.92 Å². The van der Waals surface area contributed by atoms with Gasteiger partial charge in [0.25, 0.3) is 5.91 Å². The molecule has 1 aromatic rings. The van der Waals surface area contributed by atoms with Crippen LogP contribution in [-0.4, -0.2) is 53.5 Å². The Balaban J connectivity index is 2.24. The summed E-state index contributed by atoms with van der Waals surface area (Å²) in [5, 5.41) is 6.78. The third-order valence-electron chi connectivity index (χ3n) is 3.54. The van der Waals surface area contributed by atoms with Gasteiger partial charge in [-0.2, -0.15) is 5.10 Å². The van der Waals surface area contributed by atoms with Crippen LogP contribution in [0.25, 0.3) is 0 Å². The molecule has 20 heavy (non-hydrogen) atoms. The lowest BCUT2D eigenvalue weighted by Gasteiger charge is -2.32. The molecular formula is C12H20N4O3S. The van der Waals surface area contributed by atoms with Crippen LogP contribution in [0.15, 0.2) is 0 Å². The standard InChI is InChI=1S/C12H20N4O3S/c1-7(2)10-9(13)11(15-14-10)12(17)16-4-5-20(18,19)6-8(16)3/h7-8H,4-6,13H2,1-3H3,(H,14,15). The number of nitrogens with one attached hydrogen (secondary N) is 1. The summed E-state index contributed by atoms with van der Waals surface area (Å²) in [6, 6.07) is -0.361. The van der Waals surface area contributed by atoms with Crippen LogP contribution < -0.4 is 5.73 Å². The van der Waals surface area contributed by atoms with E-state index in [1.807, 2.05) is 13.8 Å². The number of carbonyl (C=O) groups excluding carboxylic acids is 1. The molecule has 0 aromatic carbocycles. The number of hydrogen-bond acceptors (Lipinski definition) is 5. The van der Waals surface area contributed by atoms with Gasteiger partial charge in [0.15, 0.2) is 15.5 Å². The van der Waals surface area contributed by atoms with E-state index < -0.39 is 9.84 Å². The Morgan fingerprint density at radius 1 is 1.50 bits per heavy atom. The van der Waals surface area contributed by atoms with Gasteiger partial charge >= 0.3 is 0 Å². The first-order valence-electron chi connectivity index (χ1n) is 6.58. The fraction of sp³-hybridized carbons (Fsp3) is 0.667. The van der Waals surface area contributed by atoms with Crippen LogP contribution in [0.2, 0.25) is 0 Å². The maximum absolute atomic E-state index is 12.4. The molecule has 1 aliphatic rings. The first-order valence-corrected chi connectivity index (χ1v) is 8.40. The molecule has 0 aliphatic carbocycles. The molecular weight excluding hydrogens is 280 g/mol. The molecule has 0 saturated carbocycles. The molecule has 1 aliphatic heterocycles. The van der Waals surface area contributed by atoms with E-state index in [2.05, 4.69) is 10.2 Å². The second-order valence-corrected chi connectivity index (χ2v) is 7.74. The van der Waals surface area contributed by atoms with E-state index in [9.17, 15) is 13.2 Å². The lowest BCUT2D eigenvalue weighted by atomic mass is 10.1. The first kappa shape index (κ1) is 14.8. The minimum atomic E-state index is -3.05. The Bertz CT molecular complexity index is 621. The number of aromatic amines is 1. The summed E-state index contributed by atoms with van der Waals surface area (Å²) in [7, 11) is -3.05. The van der Waals surface area contributed by atoms with Crippen molar-refractivity contribution in [2.45, 2.75) is 32.7 Å². The first-order chi connectivity index (χ1) is 9.23. The van der Waals surface area contributed by atoms with Crippen molar-refractivity contribution in [1.82, 2.24) is 15.1 Å². The van der Waals surface area contributed by atoms with Gasteiger partial charge in [0, 0.05) is 12.6 Å². The number of hydrogen-bond donors (Lipinski definition) is 2. The van der Waals surface area contributed by atoms with E-state index >= 15 is 0 Å². The van der Waals surface area contributed by atoms with Crippen molar-refractivity contribution in [3.05, 3.63) is 11.4 Å². The molecule has 3 N–H and O–H groups in total. The fourth-order valence-corrected chi connectivity index (χ4v) is 3.96. The highest BCUT2D eigenvalue weighted by Gasteiger charge is 2.33. The fourth-order valence-electron chi connectivity index (χ4n) is 2.40. The number of carbonyl (C=O) groups is 1. The average Bonchev–Trinajstić information content (AvgIpc) is 2.69. The van der Waals surface area contributed by atoms with Gasteiger partial charge in [-0.1, -0.05) is 13.8 Å². The topological polar surface area (TPSA) is 109 Å². The van der Waals surface area contributed by atoms with Gasteiger partial charge in [0.1, 0.15) is 0 Å². The summed E-state index contributed by atoms with van der Waals surface area (Å²) in [6.07, 6.45) is 0. The van der Waals surface area contributed by atoms with Crippen molar-refractivity contribution in [3.8, 4) is 0 Å². The summed E-state index contributed by atoms with van der Waals surface area (Å²) < 4.78 is 23.1. The third kappa shape index (κ3) is 2.65. The second-order valence-electron chi connectivity index (χ2n) is 5.52. The van der Waals surface area contributed by atoms with Crippen LogP contribution >= 0.6 is 0 Å². The number of nitrogen functional groups attached to an aromatic ring is 1. The van der Waals surface area contributed by atoms with Crippen molar-refractivity contribution >= 4 is 21.4 Å². The van der Waals surface area contributed by atoms with Gasteiger partial charge in [-0.3, -0.25) is 9.89 Å². The van der Waals surface area contributed by atoms with Crippen LogP contribution in [0.5, 0.6) is 0 Å². The van der Waals surface area contributed by atoms with Gasteiger partial charge in [-0.15, -0.1) is 0 Å². The predicted molar refractivity (Wildman–Crippen MR) is 76.2 cm³/mol. The molecule has 1 amide bonds. The van der Waals surface area contributed by atoms with Crippen molar-refractivity contribution < 1.29 is 13.2 Å². The van der Waals surface area contributed by atoms with E-state index in [-0.39, 0.29) is 41.6 Å². The summed E-state index contributed by atoms with van der Waals surface area (Å²) in [4.78, 5) is 14.0. The van der Waals surface area contributed by atoms with Gasteiger partial charge in [-0.25, -0.2) is 8.42 Å².